The molecule has 1 unspecified atom stereocenters. The molecule has 6 nitrogen and oxygen atoms in total. The Hall–Kier alpha value is -2.05. The van der Waals surface area contributed by atoms with Crippen LogP contribution in [-0.4, -0.2) is 54.6 Å². The largest absolute Gasteiger partial charge is 0.455 e. The number of aliphatic hydroxyl groups excluding tert-OH is 1. The van der Waals surface area contributed by atoms with Gasteiger partial charge in [0.15, 0.2) is 11.5 Å². The summed E-state index contributed by atoms with van der Waals surface area (Å²) in [5.74, 6) is 0.741. The molecule has 1 aromatic carbocycles. The maximum atomic E-state index is 12.4. The first kappa shape index (κ1) is 13.4. The van der Waals surface area contributed by atoms with Crippen LogP contribution in [0.5, 0.6) is 11.5 Å². The number of fused-ring (bicyclic) bond motifs is 6. The Morgan fingerprint density at radius 2 is 2.04 bits per heavy atom. The minimum Gasteiger partial charge on any atom is -0.455 e. The van der Waals surface area contributed by atoms with E-state index in [-0.39, 0.29) is 18.8 Å². The molecular weight excluding hydrogens is 298 g/mol. The van der Waals surface area contributed by atoms with Gasteiger partial charge in [-0.1, -0.05) is 11.6 Å². The van der Waals surface area contributed by atoms with E-state index >= 15 is 0 Å². The number of ether oxygens (including phenoxy) is 3. The number of aliphatic hydroxyl groups is 1. The van der Waals surface area contributed by atoms with Crippen molar-refractivity contribution < 1.29 is 24.1 Å². The van der Waals surface area contributed by atoms with Gasteiger partial charge in [0, 0.05) is 18.5 Å². The highest BCUT2D eigenvalue weighted by Gasteiger charge is 2.50. The van der Waals surface area contributed by atoms with Gasteiger partial charge in [-0.25, -0.2) is 4.79 Å². The van der Waals surface area contributed by atoms with E-state index < -0.39 is 18.2 Å². The summed E-state index contributed by atoms with van der Waals surface area (Å²) >= 11 is 0. The van der Waals surface area contributed by atoms with Crippen molar-refractivity contribution in [3.05, 3.63) is 34.9 Å². The van der Waals surface area contributed by atoms with Crippen LogP contribution < -0.4 is 9.47 Å². The molecule has 6 heteroatoms. The molecule has 1 saturated heterocycles. The average molecular weight is 315 g/mol. The molecule has 3 heterocycles. The van der Waals surface area contributed by atoms with Gasteiger partial charge in [0.1, 0.15) is 12.2 Å². The zero-order valence-electron chi connectivity index (χ0n) is 12.7. The minimum atomic E-state index is -0.764. The van der Waals surface area contributed by atoms with E-state index in [2.05, 4.69) is 11.9 Å². The van der Waals surface area contributed by atoms with Crippen molar-refractivity contribution in [3.63, 3.8) is 0 Å². The van der Waals surface area contributed by atoms with Gasteiger partial charge in [-0.2, -0.15) is 0 Å². The smallest absolute Gasteiger partial charge is 0.338 e. The number of likely N-dealkylation sites (tertiary alicyclic amines) is 1. The van der Waals surface area contributed by atoms with Crippen molar-refractivity contribution in [2.75, 3.05) is 20.4 Å². The number of esters is 1. The van der Waals surface area contributed by atoms with Crippen molar-refractivity contribution in [1.82, 2.24) is 4.90 Å². The molecule has 0 amide bonds. The second-order valence-corrected chi connectivity index (χ2v) is 6.60. The minimum absolute atomic E-state index is 0.0836. The number of hydrogen-bond acceptors (Lipinski definition) is 6. The summed E-state index contributed by atoms with van der Waals surface area (Å²) in [5, 5.41) is 10.4. The molecule has 1 aliphatic carbocycles. The van der Waals surface area contributed by atoms with Crippen LogP contribution in [0.2, 0.25) is 0 Å². The molecule has 1 N–H and O–H groups in total. The Morgan fingerprint density at radius 1 is 1.26 bits per heavy atom. The quantitative estimate of drug-likeness (QED) is 0.570. The van der Waals surface area contributed by atoms with Gasteiger partial charge in [-0.3, -0.25) is 4.90 Å². The first-order valence-electron chi connectivity index (χ1n) is 7.87. The topological polar surface area (TPSA) is 68.2 Å². The fraction of sp³-hybridized carbons (Fsp3) is 0.471. The second-order valence-electron chi connectivity index (χ2n) is 6.60. The van der Waals surface area contributed by atoms with Crippen LogP contribution in [-0.2, 0) is 4.74 Å². The van der Waals surface area contributed by atoms with Crippen LogP contribution in [0.4, 0.5) is 0 Å². The number of carbonyl (C=O) groups excluding carboxylic acids is 1. The summed E-state index contributed by atoms with van der Waals surface area (Å²) in [6, 6.07) is 3.74. The fourth-order valence-corrected chi connectivity index (χ4v) is 4.36. The highest BCUT2D eigenvalue weighted by molar-refractivity contribution is 5.94. The van der Waals surface area contributed by atoms with E-state index in [1.54, 1.807) is 6.07 Å². The van der Waals surface area contributed by atoms with E-state index in [4.69, 9.17) is 14.2 Å². The first-order valence-corrected chi connectivity index (χ1v) is 7.87. The number of carbonyl (C=O) groups is 1. The lowest BCUT2D eigenvalue weighted by Gasteiger charge is -2.43. The van der Waals surface area contributed by atoms with Crippen molar-refractivity contribution in [2.24, 2.45) is 0 Å². The van der Waals surface area contributed by atoms with Crippen LogP contribution in [0.1, 0.15) is 28.3 Å². The molecular formula is C17H17NO5. The van der Waals surface area contributed by atoms with Crippen molar-refractivity contribution >= 4 is 5.97 Å². The van der Waals surface area contributed by atoms with Gasteiger partial charge in [0.2, 0.25) is 6.79 Å². The van der Waals surface area contributed by atoms with Gasteiger partial charge in [-0.05, 0) is 31.2 Å². The zero-order chi connectivity index (χ0) is 15.7. The Bertz CT molecular complexity index is 743. The summed E-state index contributed by atoms with van der Waals surface area (Å²) in [5.41, 5.74) is 2.63. The van der Waals surface area contributed by atoms with E-state index in [0.29, 0.717) is 17.1 Å². The van der Waals surface area contributed by atoms with Gasteiger partial charge in [0.25, 0.3) is 0 Å². The molecule has 3 aliphatic heterocycles. The maximum absolute atomic E-state index is 12.4. The average Bonchev–Trinajstić information content (AvgIpc) is 3.13. The third-order valence-electron chi connectivity index (χ3n) is 5.39. The summed E-state index contributed by atoms with van der Waals surface area (Å²) in [7, 11) is 2.07. The number of nitrogens with zero attached hydrogens (tertiary/aromatic N) is 1. The molecule has 1 aromatic rings. The van der Waals surface area contributed by atoms with Crippen LogP contribution >= 0.6 is 0 Å². The summed E-state index contributed by atoms with van der Waals surface area (Å²) < 4.78 is 16.4. The van der Waals surface area contributed by atoms with Crippen LogP contribution in [0.3, 0.4) is 0 Å². The second kappa shape index (κ2) is 4.49. The molecule has 0 spiro atoms. The van der Waals surface area contributed by atoms with Crippen molar-refractivity contribution in [2.45, 2.75) is 30.6 Å². The van der Waals surface area contributed by atoms with E-state index in [9.17, 15) is 9.90 Å². The summed E-state index contributed by atoms with van der Waals surface area (Å²) in [4.78, 5) is 14.7. The van der Waals surface area contributed by atoms with E-state index in [0.717, 1.165) is 18.5 Å². The molecule has 0 radical (unpaired) electrons. The Morgan fingerprint density at radius 3 is 2.87 bits per heavy atom. The monoisotopic (exact) mass is 315 g/mol. The fourth-order valence-electron chi connectivity index (χ4n) is 4.36. The van der Waals surface area contributed by atoms with Gasteiger partial charge in [0.05, 0.1) is 5.56 Å². The lowest BCUT2D eigenvalue weighted by atomic mass is 9.74. The Balaban J connectivity index is 1.70. The molecule has 0 bridgehead atoms. The normalized spacial score (nSPS) is 34.3. The van der Waals surface area contributed by atoms with Gasteiger partial charge >= 0.3 is 5.97 Å². The van der Waals surface area contributed by atoms with Crippen molar-refractivity contribution in [3.8, 4) is 11.5 Å². The molecule has 4 aliphatic rings. The maximum Gasteiger partial charge on any atom is 0.338 e. The number of hydrogen-bond donors (Lipinski definition) is 1. The first-order chi connectivity index (χ1) is 11.1. The third kappa shape index (κ3) is 1.73. The van der Waals surface area contributed by atoms with E-state index in [1.807, 2.05) is 12.1 Å². The highest BCUT2D eigenvalue weighted by atomic mass is 16.7. The zero-order valence-corrected chi connectivity index (χ0v) is 12.7. The Kier molecular flexibility index (Phi) is 2.61. The molecule has 1 fully saturated rings. The lowest BCUT2D eigenvalue weighted by molar-refractivity contribution is -0.0336. The van der Waals surface area contributed by atoms with Gasteiger partial charge in [-0.15, -0.1) is 0 Å². The highest BCUT2D eigenvalue weighted by Crippen LogP contribution is 2.48. The van der Waals surface area contributed by atoms with Gasteiger partial charge < -0.3 is 19.3 Å². The number of benzene rings is 1. The van der Waals surface area contributed by atoms with Crippen molar-refractivity contribution in [1.29, 1.82) is 0 Å². The summed E-state index contributed by atoms with van der Waals surface area (Å²) in [6.45, 7) is 1.11. The number of likely N-dealkylation sites (N-methyl/N-ethyl adjacent to an activating group) is 1. The Labute approximate surface area is 133 Å². The molecule has 5 rings (SSSR count). The molecule has 4 atom stereocenters. The molecule has 23 heavy (non-hydrogen) atoms. The molecule has 0 saturated carbocycles. The number of rotatable bonds is 0. The van der Waals surface area contributed by atoms with Crippen LogP contribution in [0.15, 0.2) is 23.8 Å². The standard InChI is InChI=1S/C17H17NO5/c1-18-3-2-8-4-11(19)16-14(15(8)18)9-5-12-13(22-7-21-12)6-10(9)17(20)23-16/h4-6,11,14-16,19H,2-3,7H2,1H3/t11-,14?,15+,16+/m1/s1. The predicted octanol–water partition coefficient (Wildman–Crippen LogP) is 1.04. The molecule has 120 valence electrons. The lowest BCUT2D eigenvalue weighted by Crippen LogP contribution is -2.50. The third-order valence-corrected chi connectivity index (χ3v) is 5.39. The van der Waals surface area contributed by atoms with Crippen LogP contribution in [0.25, 0.3) is 0 Å². The van der Waals surface area contributed by atoms with E-state index in [1.165, 1.54) is 5.57 Å². The SMILES string of the molecule is CN1CCC2=C[C@@H](O)[C@@H]3OC(=O)c4cc5c(cc4C3[C@H]21)OCO5. The predicted molar refractivity (Wildman–Crippen MR) is 79.6 cm³/mol. The van der Waals surface area contributed by atoms with Crippen LogP contribution in [0, 0.1) is 0 Å². The molecule has 0 aromatic heterocycles. The summed E-state index contributed by atoms with van der Waals surface area (Å²) in [6.07, 6.45) is 1.49.